The molecule has 1 amide bonds. The SMILES string of the molecule is CCn1c(SCC(=O)Nc2c(C)cccc2C)nnc1-c1ccc2[nH]c(C)c(C)c2c1. The molecule has 160 valence electrons. The van der Waals surface area contributed by atoms with Gasteiger partial charge in [0.25, 0.3) is 0 Å². The van der Waals surface area contributed by atoms with Gasteiger partial charge in [-0.05, 0) is 69.5 Å². The number of nitrogens with one attached hydrogen (secondary N) is 2. The Balaban J connectivity index is 1.53. The monoisotopic (exact) mass is 433 g/mol. The van der Waals surface area contributed by atoms with Crippen molar-refractivity contribution in [2.75, 3.05) is 11.1 Å². The predicted octanol–water partition coefficient (Wildman–Crippen LogP) is 5.41. The average molecular weight is 434 g/mol. The van der Waals surface area contributed by atoms with Crippen LogP contribution in [0.2, 0.25) is 0 Å². The number of amides is 1. The lowest BCUT2D eigenvalue weighted by atomic mass is 10.1. The molecule has 0 aliphatic heterocycles. The third-order valence-electron chi connectivity index (χ3n) is 5.68. The first-order valence-corrected chi connectivity index (χ1v) is 11.4. The summed E-state index contributed by atoms with van der Waals surface area (Å²) in [6, 6.07) is 12.3. The Labute approximate surface area is 186 Å². The zero-order valence-electron chi connectivity index (χ0n) is 18.5. The number of benzene rings is 2. The molecule has 2 aromatic carbocycles. The van der Waals surface area contributed by atoms with Gasteiger partial charge in [-0.1, -0.05) is 30.0 Å². The Morgan fingerprint density at radius 3 is 2.55 bits per heavy atom. The zero-order valence-corrected chi connectivity index (χ0v) is 19.4. The van der Waals surface area contributed by atoms with Gasteiger partial charge in [0.05, 0.1) is 5.75 Å². The number of thioether (sulfide) groups is 1. The Morgan fingerprint density at radius 1 is 1.10 bits per heavy atom. The van der Waals surface area contributed by atoms with Crippen molar-refractivity contribution in [1.29, 1.82) is 0 Å². The van der Waals surface area contributed by atoms with Crippen LogP contribution in [0.5, 0.6) is 0 Å². The van der Waals surface area contributed by atoms with Crippen molar-refractivity contribution < 1.29 is 4.79 Å². The molecule has 4 aromatic rings. The molecule has 0 saturated carbocycles. The molecule has 2 aromatic heterocycles. The fourth-order valence-corrected chi connectivity index (χ4v) is 4.61. The highest BCUT2D eigenvalue weighted by Gasteiger charge is 2.16. The minimum atomic E-state index is -0.0468. The molecule has 0 unspecified atom stereocenters. The molecule has 7 heteroatoms. The summed E-state index contributed by atoms with van der Waals surface area (Å²) in [5, 5.41) is 13.8. The first-order chi connectivity index (χ1) is 14.9. The molecule has 0 bridgehead atoms. The third-order valence-corrected chi connectivity index (χ3v) is 6.64. The lowest BCUT2D eigenvalue weighted by Crippen LogP contribution is -2.16. The van der Waals surface area contributed by atoms with Crippen molar-refractivity contribution in [2.24, 2.45) is 0 Å². The molecule has 6 nitrogen and oxygen atoms in total. The quantitative estimate of drug-likeness (QED) is 0.399. The van der Waals surface area contributed by atoms with E-state index in [4.69, 9.17) is 0 Å². The van der Waals surface area contributed by atoms with Crippen molar-refractivity contribution >= 4 is 34.3 Å². The molecule has 4 rings (SSSR count). The van der Waals surface area contributed by atoms with Gasteiger partial charge in [0, 0.05) is 34.4 Å². The van der Waals surface area contributed by atoms with Crippen LogP contribution in [0.1, 0.15) is 29.3 Å². The molecule has 0 radical (unpaired) electrons. The summed E-state index contributed by atoms with van der Waals surface area (Å²) in [6.45, 7) is 11.0. The normalized spacial score (nSPS) is 11.3. The molecule has 2 heterocycles. The van der Waals surface area contributed by atoms with Gasteiger partial charge in [-0.15, -0.1) is 10.2 Å². The number of anilines is 1. The molecular formula is C24H27N5OS. The molecule has 0 aliphatic rings. The minimum absolute atomic E-state index is 0.0468. The average Bonchev–Trinajstić information content (AvgIpc) is 3.29. The number of rotatable bonds is 6. The summed E-state index contributed by atoms with van der Waals surface area (Å²) in [4.78, 5) is 16.0. The highest BCUT2D eigenvalue weighted by atomic mass is 32.2. The second-order valence-corrected chi connectivity index (χ2v) is 8.73. The van der Waals surface area contributed by atoms with Gasteiger partial charge in [0.2, 0.25) is 5.91 Å². The summed E-state index contributed by atoms with van der Waals surface area (Å²) in [7, 11) is 0. The topological polar surface area (TPSA) is 75.6 Å². The molecule has 2 N–H and O–H groups in total. The summed E-state index contributed by atoms with van der Waals surface area (Å²) in [6.07, 6.45) is 0. The van der Waals surface area contributed by atoms with E-state index in [0.717, 1.165) is 45.4 Å². The maximum atomic E-state index is 12.6. The van der Waals surface area contributed by atoms with Gasteiger partial charge in [0.15, 0.2) is 11.0 Å². The van der Waals surface area contributed by atoms with Gasteiger partial charge in [0.1, 0.15) is 0 Å². The Bertz CT molecular complexity index is 1250. The van der Waals surface area contributed by atoms with E-state index >= 15 is 0 Å². The van der Waals surface area contributed by atoms with E-state index in [2.05, 4.69) is 64.0 Å². The Hall–Kier alpha value is -3.06. The number of fused-ring (bicyclic) bond motifs is 1. The number of nitrogens with zero attached hydrogens (tertiary/aromatic N) is 3. The first-order valence-electron chi connectivity index (χ1n) is 10.4. The smallest absolute Gasteiger partial charge is 0.234 e. The van der Waals surface area contributed by atoms with Crippen LogP contribution in [0.4, 0.5) is 5.69 Å². The Morgan fingerprint density at radius 2 is 1.84 bits per heavy atom. The van der Waals surface area contributed by atoms with Crippen LogP contribution < -0.4 is 5.32 Å². The minimum Gasteiger partial charge on any atom is -0.358 e. The van der Waals surface area contributed by atoms with Crippen LogP contribution in [-0.2, 0) is 11.3 Å². The van der Waals surface area contributed by atoms with E-state index in [9.17, 15) is 4.79 Å². The van der Waals surface area contributed by atoms with Crippen molar-refractivity contribution in [3.8, 4) is 11.4 Å². The van der Waals surface area contributed by atoms with Crippen molar-refractivity contribution in [1.82, 2.24) is 19.7 Å². The van der Waals surface area contributed by atoms with Crippen LogP contribution in [-0.4, -0.2) is 31.4 Å². The standard InChI is InChI=1S/C24H27N5OS/c1-6-29-23(18-10-11-20-19(12-18)16(4)17(5)25-20)27-28-24(29)31-13-21(30)26-22-14(2)8-7-9-15(22)3/h7-12,25H,6,13H2,1-5H3,(H,26,30). The lowest BCUT2D eigenvalue weighted by molar-refractivity contribution is -0.113. The van der Waals surface area contributed by atoms with Gasteiger partial charge in [-0.2, -0.15) is 0 Å². The summed E-state index contributed by atoms with van der Waals surface area (Å²) < 4.78 is 2.06. The predicted molar refractivity (Wildman–Crippen MR) is 128 cm³/mol. The molecule has 0 atom stereocenters. The van der Waals surface area contributed by atoms with E-state index in [-0.39, 0.29) is 11.7 Å². The van der Waals surface area contributed by atoms with Crippen molar-refractivity contribution in [3.05, 3.63) is 58.8 Å². The number of carbonyl (C=O) groups excluding carboxylic acids is 1. The molecule has 0 aliphatic carbocycles. The molecule has 0 fully saturated rings. The van der Waals surface area contributed by atoms with Crippen LogP contribution in [0.3, 0.4) is 0 Å². The number of carbonyl (C=O) groups is 1. The van der Waals surface area contributed by atoms with Crippen LogP contribution in [0.15, 0.2) is 41.6 Å². The van der Waals surface area contributed by atoms with E-state index in [1.54, 1.807) is 0 Å². The summed E-state index contributed by atoms with van der Waals surface area (Å²) in [5.41, 5.74) is 7.57. The number of hydrogen-bond acceptors (Lipinski definition) is 4. The maximum absolute atomic E-state index is 12.6. The lowest BCUT2D eigenvalue weighted by Gasteiger charge is -2.11. The van der Waals surface area contributed by atoms with Gasteiger partial charge >= 0.3 is 0 Å². The number of para-hydroxylation sites is 1. The largest absolute Gasteiger partial charge is 0.358 e. The van der Waals surface area contributed by atoms with Crippen LogP contribution >= 0.6 is 11.8 Å². The number of hydrogen-bond donors (Lipinski definition) is 2. The van der Waals surface area contributed by atoms with Crippen LogP contribution in [0, 0.1) is 27.7 Å². The van der Waals surface area contributed by atoms with Gasteiger partial charge in [-0.3, -0.25) is 4.79 Å². The molecular weight excluding hydrogens is 406 g/mol. The first kappa shape index (κ1) is 21.2. The third kappa shape index (κ3) is 4.10. The second kappa shape index (κ2) is 8.59. The Kier molecular flexibility index (Phi) is 5.87. The second-order valence-electron chi connectivity index (χ2n) is 7.79. The highest BCUT2D eigenvalue weighted by Crippen LogP contribution is 2.29. The van der Waals surface area contributed by atoms with E-state index in [1.807, 2.05) is 32.0 Å². The summed E-state index contributed by atoms with van der Waals surface area (Å²) >= 11 is 1.41. The number of aromatic nitrogens is 4. The molecule has 0 spiro atoms. The maximum Gasteiger partial charge on any atom is 0.234 e. The van der Waals surface area contributed by atoms with Crippen molar-refractivity contribution in [2.45, 2.75) is 46.3 Å². The number of aryl methyl sites for hydroxylation is 4. The number of aromatic amines is 1. The molecule has 31 heavy (non-hydrogen) atoms. The highest BCUT2D eigenvalue weighted by molar-refractivity contribution is 7.99. The fourth-order valence-electron chi connectivity index (χ4n) is 3.81. The van der Waals surface area contributed by atoms with Gasteiger partial charge in [-0.25, -0.2) is 0 Å². The zero-order chi connectivity index (χ0) is 22.1. The molecule has 0 saturated heterocycles. The van der Waals surface area contributed by atoms with E-state index in [1.165, 1.54) is 28.4 Å². The van der Waals surface area contributed by atoms with E-state index in [0.29, 0.717) is 0 Å². The van der Waals surface area contributed by atoms with Crippen LogP contribution in [0.25, 0.3) is 22.3 Å². The summed E-state index contributed by atoms with van der Waals surface area (Å²) in [5.74, 6) is 1.05. The van der Waals surface area contributed by atoms with E-state index < -0.39 is 0 Å². The number of H-pyrrole nitrogens is 1. The van der Waals surface area contributed by atoms with Gasteiger partial charge < -0.3 is 14.9 Å². The fraction of sp³-hybridized carbons (Fsp3) is 0.292. The van der Waals surface area contributed by atoms with Crippen molar-refractivity contribution in [3.63, 3.8) is 0 Å².